The van der Waals surface area contributed by atoms with Gasteiger partial charge in [0.1, 0.15) is 0 Å². The number of nitrogens with one attached hydrogen (secondary N) is 1. The van der Waals surface area contributed by atoms with E-state index in [0.29, 0.717) is 6.42 Å². The summed E-state index contributed by atoms with van der Waals surface area (Å²) in [7, 11) is 0. The number of halogens is 4. The van der Waals surface area contributed by atoms with E-state index in [1.54, 1.807) is 6.92 Å². The maximum atomic E-state index is 13.3. The van der Waals surface area contributed by atoms with Crippen molar-refractivity contribution in [1.82, 2.24) is 5.32 Å². The number of hydrogen-bond acceptors (Lipinski definition) is 5. The first-order chi connectivity index (χ1) is 20.5. The summed E-state index contributed by atoms with van der Waals surface area (Å²) in [4.78, 5) is 33.3. The highest BCUT2D eigenvalue weighted by molar-refractivity contribution is 5.77. The van der Waals surface area contributed by atoms with Crippen LogP contribution in [0.3, 0.4) is 0 Å². The van der Waals surface area contributed by atoms with Crippen molar-refractivity contribution in [1.29, 1.82) is 0 Å². The predicted octanol–water partition coefficient (Wildman–Crippen LogP) is 7.79. The summed E-state index contributed by atoms with van der Waals surface area (Å²) in [6.07, 6.45) is 17.4. The van der Waals surface area contributed by atoms with Crippen LogP contribution in [0.4, 0.5) is 17.6 Å². The van der Waals surface area contributed by atoms with Crippen LogP contribution in [0.5, 0.6) is 5.75 Å². The van der Waals surface area contributed by atoms with Crippen LogP contribution in [-0.4, -0.2) is 35.5 Å². The number of esters is 1. The Bertz CT molecular complexity index is 877. The van der Waals surface area contributed by atoms with Crippen molar-refractivity contribution in [2.24, 2.45) is 5.73 Å². The molecule has 0 saturated carbocycles. The molecule has 0 aromatic heterocycles. The molecule has 0 spiro atoms. The minimum atomic E-state index is -1.81. The summed E-state index contributed by atoms with van der Waals surface area (Å²) >= 11 is 0. The molecule has 2 amide bonds. The van der Waals surface area contributed by atoms with Gasteiger partial charge in [-0.25, -0.2) is 8.78 Å². The average Bonchev–Trinajstić information content (AvgIpc) is 2.97. The number of aliphatic hydroxyl groups is 1. The molecule has 0 bridgehead atoms. The van der Waals surface area contributed by atoms with Crippen LogP contribution >= 0.6 is 0 Å². The zero-order valence-corrected chi connectivity index (χ0v) is 26.6. The summed E-state index contributed by atoms with van der Waals surface area (Å²) in [5.41, 5.74) is 5.09. The molecule has 0 aliphatic heterocycles. The van der Waals surface area contributed by atoms with E-state index in [0.717, 1.165) is 6.42 Å². The van der Waals surface area contributed by atoms with Crippen molar-refractivity contribution >= 4 is 17.8 Å². The van der Waals surface area contributed by atoms with Crippen molar-refractivity contribution in [3.63, 3.8) is 0 Å². The molecule has 4 N–H and O–H groups in total. The molecule has 1 aromatic rings. The summed E-state index contributed by atoms with van der Waals surface area (Å²) in [6.45, 7) is 7.58. The molecule has 0 radical (unpaired) electrons. The van der Waals surface area contributed by atoms with Gasteiger partial charge < -0.3 is 20.9 Å². The Labute approximate surface area is 255 Å². The maximum Gasteiger partial charge on any atom is 0.311 e. The predicted molar refractivity (Wildman–Crippen MR) is 161 cm³/mol. The molecular formula is C32H54F4N2O5. The third kappa shape index (κ3) is 23.4. The number of benzene rings is 1. The molecule has 11 heteroatoms. The van der Waals surface area contributed by atoms with E-state index in [2.05, 4.69) is 17.0 Å². The van der Waals surface area contributed by atoms with Crippen molar-refractivity contribution in [3.8, 4) is 5.75 Å². The molecule has 250 valence electrons. The van der Waals surface area contributed by atoms with Gasteiger partial charge in [0.2, 0.25) is 29.2 Å². The fraction of sp³-hybridized carbons (Fsp3) is 0.719. The lowest BCUT2D eigenvalue weighted by Crippen LogP contribution is -2.34. The number of nitrogens with two attached hydrogens (primary N) is 1. The first kappa shape index (κ1) is 42.4. The van der Waals surface area contributed by atoms with Crippen LogP contribution in [0.1, 0.15) is 137 Å². The Morgan fingerprint density at radius 1 is 0.767 bits per heavy atom. The lowest BCUT2D eigenvalue weighted by molar-refractivity contribution is -0.135. The Kier molecular flexibility index (Phi) is 27.7. The van der Waals surface area contributed by atoms with E-state index in [9.17, 15) is 31.9 Å². The highest BCUT2D eigenvalue weighted by Crippen LogP contribution is 2.27. The number of carbonyl (C=O) groups excluding carboxylic acids is 3. The van der Waals surface area contributed by atoms with Gasteiger partial charge in [0.25, 0.3) is 0 Å². The first-order valence-electron chi connectivity index (χ1n) is 15.8. The van der Waals surface area contributed by atoms with Crippen molar-refractivity contribution in [2.45, 2.75) is 143 Å². The minimum Gasteiger partial charge on any atom is -0.420 e. The topological polar surface area (TPSA) is 119 Å². The monoisotopic (exact) mass is 622 g/mol. The summed E-state index contributed by atoms with van der Waals surface area (Å²) < 4.78 is 56.7. The quantitative estimate of drug-likeness (QED) is 0.0425. The highest BCUT2D eigenvalue weighted by atomic mass is 19.2. The number of primary amides is 1. The second kappa shape index (κ2) is 28.1. The molecule has 0 aliphatic rings. The van der Waals surface area contributed by atoms with E-state index in [1.165, 1.54) is 77.0 Å². The number of aliphatic hydroxyl groups excluding tert-OH is 1. The Balaban J connectivity index is 0. The molecule has 0 saturated heterocycles. The van der Waals surface area contributed by atoms with Crippen LogP contribution < -0.4 is 15.8 Å². The molecule has 0 aliphatic carbocycles. The van der Waals surface area contributed by atoms with Gasteiger partial charge in [-0.1, -0.05) is 97.8 Å². The third-order valence-corrected chi connectivity index (χ3v) is 6.28. The SMILES string of the molecule is CC.CC(CO)NC(=O)CCCC(=O)Oc1c(F)c(F)cc(F)c1F.CCCCCCCCCCCCCCCC(N)=O. The van der Waals surface area contributed by atoms with Gasteiger partial charge in [0.05, 0.1) is 6.61 Å². The smallest absolute Gasteiger partial charge is 0.311 e. The van der Waals surface area contributed by atoms with Crippen LogP contribution in [0.15, 0.2) is 6.07 Å². The van der Waals surface area contributed by atoms with E-state index >= 15 is 0 Å². The second-order valence-electron chi connectivity index (χ2n) is 10.2. The van der Waals surface area contributed by atoms with Gasteiger partial charge >= 0.3 is 5.97 Å². The molecular weight excluding hydrogens is 568 g/mol. The largest absolute Gasteiger partial charge is 0.420 e. The Morgan fingerprint density at radius 3 is 1.63 bits per heavy atom. The van der Waals surface area contributed by atoms with Crippen molar-refractivity contribution in [3.05, 3.63) is 29.3 Å². The minimum absolute atomic E-state index is 0.00529. The molecule has 43 heavy (non-hydrogen) atoms. The molecule has 1 aromatic carbocycles. The number of hydrogen-bond donors (Lipinski definition) is 3. The lowest BCUT2D eigenvalue weighted by Gasteiger charge is -2.10. The fourth-order valence-corrected chi connectivity index (χ4v) is 3.91. The molecule has 1 rings (SSSR count). The van der Waals surface area contributed by atoms with Crippen LogP contribution in [0, 0.1) is 23.3 Å². The molecule has 1 atom stereocenters. The fourth-order valence-electron chi connectivity index (χ4n) is 3.91. The molecule has 0 heterocycles. The van der Waals surface area contributed by atoms with Gasteiger partial charge in [-0.3, -0.25) is 14.4 Å². The summed E-state index contributed by atoms with van der Waals surface area (Å²) in [6, 6.07) is -0.456. The molecule has 1 unspecified atom stereocenters. The zero-order valence-electron chi connectivity index (χ0n) is 26.6. The summed E-state index contributed by atoms with van der Waals surface area (Å²) in [5, 5.41) is 11.2. The van der Waals surface area contributed by atoms with Gasteiger partial charge in [0, 0.05) is 31.4 Å². The van der Waals surface area contributed by atoms with Crippen LogP contribution in [0.25, 0.3) is 0 Å². The zero-order chi connectivity index (χ0) is 33.0. The highest BCUT2D eigenvalue weighted by Gasteiger charge is 2.23. The number of unbranched alkanes of at least 4 members (excludes halogenated alkanes) is 12. The number of ether oxygens (including phenoxy) is 1. The van der Waals surface area contributed by atoms with Gasteiger partial charge in [-0.2, -0.15) is 8.78 Å². The molecule has 0 fully saturated rings. The van der Waals surface area contributed by atoms with Crippen molar-refractivity contribution in [2.75, 3.05) is 6.61 Å². The van der Waals surface area contributed by atoms with E-state index in [1.807, 2.05) is 13.8 Å². The summed E-state index contributed by atoms with van der Waals surface area (Å²) in [5.74, 6) is -10.2. The number of carbonyl (C=O) groups is 3. The maximum absolute atomic E-state index is 13.3. The lowest BCUT2D eigenvalue weighted by atomic mass is 10.0. The first-order valence-corrected chi connectivity index (χ1v) is 15.8. The van der Waals surface area contributed by atoms with E-state index < -0.39 is 53.4 Å². The van der Waals surface area contributed by atoms with Gasteiger partial charge in [0.15, 0.2) is 11.6 Å². The van der Waals surface area contributed by atoms with E-state index in [-0.39, 0.29) is 31.4 Å². The Morgan fingerprint density at radius 2 is 1.21 bits per heavy atom. The number of rotatable bonds is 21. The van der Waals surface area contributed by atoms with Gasteiger partial charge in [-0.05, 0) is 19.8 Å². The standard InChI is InChI=1S/C16H33NO.C14H15F4NO4.C2H6/c1-2-3-4-5-6-7-8-9-10-11-12-13-14-15-16(17)18;1-7(6-20)19-10(21)3-2-4-11(22)23-14-12(17)8(15)5-9(16)13(14)18;1-2/h2-15H2,1H3,(H2,17,18);5,7,20H,2-4,6H2,1H3,(H,19,21);1-2H3. The normalized spacial score (nSPS) is 11.0. The molecule has 7 nitrogen and oxygen atoms in total. The number of amides is 2. The second-order valence-corrected chi connectivity index (χ2v) is 10.2. The Hall–Kier alpha value is -2.69. The van der Waals surface area contributed by atoms with E-state index in [4.69, 9.17) is 10.8 Å². The van der Waals surface area contributed by atoms with Crippen molar-refractivity contribution < 1.29 is 41.8 Å². The third-order valence-electron chi connectivity index (χ3n) is 6.28. The average molecular weight is 623 g/mol. The van der Waals surface area contributed by atoms with Crippen LogP contribution in [0.2, 0.25) is 0 Å². The van der Waals surface area contributed by atoms with Gasteiger partial charge in [-0.15, -0.1) is 0 Å². The van der Waals surface area contributed by atoms with Crippen LogP contribution in [-0.2, 0) is 14.4 Å².